The van der Waals surface area contributed by atoms with Crippen LogP contribution in [0.15, 0.2) is 54.7 Å². The molecule has 8 heteroatoms. The number of nitrogens with zero attached hydrogens (tertiary/aromatic N) is 4. The minimum absolute atomic E-state index is 0.290. The molecule has 0 unspecified atom stereocenters. The van der Waals surface area contributed by atoms with Gasteiger partial charge in [-0.1, -0.05) is 37.3 Å². The average Bonchev–Trinajstić information content (AvgIpc) is 3.54. The number of aromatic nitrogens is 3. The number of aliphatic hydroxyl groups is 1. The lowest BCUT2D eigenvalue weighted by Gasteiger charge is -2.35. The summed E-state index contributed by atoms with van der Waals surface area (Å²) in [6.45, 7) is 7.95. The van der Waals surface area contributed by atoms with Crippen LogP contribution in [-0.2, 0) is 12.8 Å². The molecule has 1 atom stereocenters. The summed E-state index contributed by atoms with van der Waals surface area (Å²) in [4.78, 5) is 9.44. The van der Waals surface area contributed by atoms with Crippen molar-refractivity contribution in [3.05, 3.63) is 65.4 Å². The average molecular weight is 492 g/mol. The van der Waals surface area contributed by atoms with E-state index in [9.17, 15) is 5.11 Å². The van der Waals surface area contributed by atoms with Gasteiger partial charge in [-0.25, -0.2) is 4.98 Å². The van der Waals surface area contributed by atoms with Crippen molar-refractivity contribution >= 4 is 21.6 Å². The highest BCUT2D eigenvalue weighted by Gasteiger charge is 2.20. The third-order valence-corrected chi connectivity index (χ3v) is 7.74. The van der Waals surface area contributed by atoms with Crippen molar-refractivity contribution in [1.29, 1.82) is 0 Å². The molecule has 35 heavy (non-hydrogen) atoms. The molecule has 1 saturated heterocycles. The molecule has 1 aliphatic rings. The zero-order valence-corrected chi connectivity index (χ0v) is 21.0. The number of ether oxygens (including phenoxy) is 1. The Labute approximate surface area is 210 Å². The number of hydrogen-bond donors (Lipinski definition) is 2. The van der Waals surface area contributed by atoms with Crippen molar-refractivity contribution in [3.8, 4) is 16.9 Å². The Morgan fingerprint density at radius 3 is 2.69 bits per heavy atom. The second kappa shape index (κ2) is 11.3. The van der Waals surface area contributed by atoms with Gasteiger partial charge in [-0.2, -0.15) is 5.10 Å². The molecule has 0 amide bonds. The maximum absolute atomic E-state index is 10.5. The van der Waals surface area contributed by atoms with Gasteiger partial charge in [-0.15, -0.1) is 11.3 Å². The summed E-state index contributed by atoms with van der Waals surface area (Å²) in [6, 6.07) is 16.4. The van der Waals surface area contributed by atoms with E-state index in [-0.39, 0.29) is 0 Å². The van der Waals surface area contributed by atoms with E-state index in [1.165, 1.54) is 21.5 Å². The van der Waals surface area contributed by atoms with Crippen molar-refractivity contribution in [2.45, 2.75) is 25.9 Å². The fraction of sp³-hybridized carbons (Fsp3) is 0.407. The molecule has 1 aliphatic heterocycles. The first-order valence-corrected chi connectivity index (χ1v) is 13.2. The number of thiazole rings is 1. The van der Waals surface area contributed by atoms with Crippen LogP contribution in [0.4, 0.5) is 0 Å². The predicted molar refractivity (Wildman–Crippen MR) is 141 cm³/mol. The first-order valence-electron chi connectivity index (χ1n) is 12.4. The number of aliphatic hydroxyl groups excluding tert-OH is 1. The van der Waals surface area contributed by atoms with Gasteiger partial charge in [-0.05, 0) is 24.1 Å². The topological polar surface area (TPSA) is 77.5 Å². The first kappa shape index (κ1) is 23.9. The standard InChI is InChI=1S/C27H33N5O2S/c1-2-27-29-25-16-22(8-9-26(25)35-27)34-19-21(33)18-32-14-12-31(13-15-32)11-10-24-23(17-28-30-24)20-6-4-3-5-7-20/h3-9,16-17,21,33H,2,10-15,18-19H2,1H3,(H,28,30)/t21-/m0/s1. The number of nitrogens with one attached hydrogen (secondary N) is 1. The summed E-state index contributed by atoms with van der Waals surface area (Å²) >= 11 is 1.72. The number of β-amino-alcohol motifs (C(OH)–C–C–N with tert-alkyl or cyclic N) is 1. The molecule has 7 nitrogen and oxygen atoms in total. The minimum Gasteiger partial charge on any atom is -0.491 e. The first-order chi connectivity index (χ1) is 17.2. The fourth-order valence-electron chi connectivity index (χ4n) is 4.57. The van der Waals surface area contributed by atoms with Gasteiger partial charge < -0.3 is 14.7 Å². The van der Waals surface area contributed by atoms with Gasteiger partial charge in [0.2, 0.25) is 0 Å². The highest BCUT2D eigenvalue weighted by atomic mass is 32.1. The number of benzene rings is 2. The summed E-state index contributed by atoms with van der Waals surface area (Å²) < 4.78 is 7.05. The lowest BCUT2D eigenvalue weighted by atomic mass is 10.0. The number of fused-ring (bicyclic) bond motifs is 1. The highest BCUT2D eigenvalue weighted by molar-refractivity contribution is 7.18. The van der Waals surface area contributed by atoms with Gasteiger partial charge in [0.15, 0.2) is 0 Å². The van der Waals surface area contributed by atoms with Gasteiger partial charge in [0.1, 0.15) is 18.5 Å². The number of hydrogen-bond acceptors (Lipinski definition) is 7. The third kappa shape index (κ3) is 6.08. The van der Waals surface area contributed by atoms with Gasteiger partial charge in [0.25, 0.3) is 0 Å². The second-order valence-corrected chi connectivity index (χ2v) is 10.2. The van der Waals surface area contributed by atoms with Crippen molar-refractivity contribution in [2.75, 3.05) is 45.9 Å². The molecule has 2 aromatic heterocycles. The van der Waals surface area contributed by atoms with E-state index in [2.05, 4.69) is 62.2 Å². The molecule has 2 N–H and O–H groups in total. The lowest BCUT2D eigenvalue weighted by molar-refractivity contribution is 0.0463. The van der Waals surface area contributed by atoms with Crippen molar-refractivity contribution < 1.29 is 9.84 Å². The SMILES string of the molecule is CCc1nc2cc(OC[C@@H](O)CN3CCN(CCc4[nH]ncc4-c4ccccc4)CC3)ccc2s1. The van der Waals surface area contributed by atoms with E-state index < -0.39 is 6.10 Å². The molecule has 1 fully saturated rings. The molecule has 5 rings (SSSR count). The molecular formula is C27H33N5O2S. The van der Waals surface area contributed by atoms with Crippen LogP contribution < -0.4 is 4.74 Å². The van der Waals surface area contributed by atoms with Gasteiger partial charge in [0, 0.05) is 63.0 Å². The van der Waals surface area contributed by atoms with Crippen LogP contribution in [0.2, 0.25) is 0 Å². The van der Waals surface area contributed by atoms with Crippen LogP contribution in [0.25, 0.3) is 21.3 Å². The summed E-state index contributed by atoms with van der Waals surface area (Å²) in [6.07, 6.45) is 3.30. The molecule has 184 valence electrons. The highest BCUT2D eigenvalue weighted by Crippen LogP contribution is 2.26. The van der Waals surface area contributed by atoms with Crippen LogP contribution in [-0.4, -0.2) is 82.1 Å². The summed E-state index contributed by atoms with van der Waals surface area (Å²) in [5.41, 5.74) is 4.55. The summed E-state index contributed by atoms with van der Waals surface area (Å²) in [5, 5.41) is 19.1. The Balaban J connectivity index is 1.04. The zero-order valence-electron chi connectivity index (χ0n) is 20.2. The number of piperazine rings is 1. The fourth-order valence-corrected chi connectivity index (χ4v) is 5.46. The molecule has 2 aromatic carbocycles. The number of H-pyrrole nitrogens is 1. The van der Waals surface area contributed by atoms with E-state index in [0.29, 0.717) is 13.2 Å². The van der Waals surface area contributed by atoms with E-state index >= 15 is 0 Å². The van der Waals surface area contributed by atoms with Crippen molar-refractivity contribution in [3.63, 3.8) is 0 Å². The van der Waals surface area contributed by atoms with Crippen molar-refractivity contribution in [1.82, 2.24) is 25.0 Å². The maximum atomic E-state index is 10.5. The van der Waals surface area contributed by atoms with E-state index in [4.69, 9.17) is 4.74 Å². The lowest BCUT2D eigenvalue weighted by Crippen LogP contribution is -2.49. The molecule has 0 aliphatic carbocycles. The molecule has 0 radical (unpaired) electrons. The Morgan fingerprint density at radius 2 is 1.89 bits per heavy atom. The van der Waals surface area contributed by atoms with Crippen LogP contribution in [0.1, 0.15) is 17.6 Å². The number of aryl methyl sites for hydroxylation is 1. The van der Waals surface area contributed by atoms with Crippen LogP contribution >= 0.6 is 11.3 Å². The quantitative estimate of drug-likeness (QED) is 0.351. The van der Waals surface area contributed by atoms with E-state index in [0.717, 1.165) is 61.8 Å². The molecule has 0 bridgehead atoms. The van der Waals surface area contributed by atoms with Crippen LogP contribution in [0, 0.1) is 0 Å². The van der Waals surface area contributed by atoms with E-state index in [1.807, 2.05) is 24.4 Å². The number of aromatic amines is 1. The normalized spacial score (nSPS) is 16.1. The van der Waals surface area contributed by atoms with Gasteiger partial charge in [-0.3, -0.25) is 10.00 Å². The van der Waals surface area contributed by atoms with Crippen molar-refractivity contribution in [2.24, 2.45) is 0 Å². The Hall–Kier alpha value is -2.78. The molecule has 4 aromatic rings. The Bertz CT molecular complexity index is 1220. The second-order valence-electron chi connectivity index (χ2n) is 9.08. The van der Waals surface area contributed by atoms with E-state index in [1.54, 1.807) is 11.3 Å². The van der Waals surface area contributed by atoms with Crippen LogP contribution in [0.5, 0.6) is 5.75 Å². The summed E-state index contributed by atoms with van der Waals surface area (Å²) in [5.74, 6) is 0.767. The van der Waals surface area contributed by atoms with Gasteiger partial charge in [0.05, 0.1) is 21.4 Å². The largest absolute Gasteiger partial charge is 0.491 e. The summed E-state index contributed by atoms with van der Waals surface area (Å²) in [7, 11) is 0. The molecule has 0 spiro atoms. The number of rotatable bonds is 10. The minimum atomic E-state index is -0.516. The van der Waals surface area contributed by atoms with Crippen LogP contribution in [0.3, 0.4) is 0 Å². The third-order valence-electron chi connectivity index (χ3n) is 6.56. The smallest absolute Gasteiger partial charge is 0.121 e. The Kier molecular flexibility index (Phi) is 7.73. The maximum Gasteiger partial charge on any atom is 0.121 e. The zero-order chi connectivity index (χ0) is 24.0. The predicted octanol–water partition coefficient (Wildman–Crippen LogP) is 3.85. The monoisotopic (exact) mass is 491 g/mol. The van der Waals surface area contributed by atoms with Gasteiger partial charge >= 0.3 is 0 Å². The molecule has 3 heterocycles. The Morgan fingerprint density at radius 1 is 1.09 bits per heavy atom. The molecular weight excluding hydrogens is 458 g/mol. The molecule has 0 saturated carbocycles.